The van der Waals surface area contributed by atoms with Crippen LogP contribution >= 0.6 is 0 Å². The van der Waals surface area contributed by atoms with Gasteiger partial charge in [0, 0.05) is 29.9 Å². The number of nitrogens with one attached hydrogen (secondary N) is 1. The molecule has 0 radical (unpaired) electrons. The highest BCUT2D eigenvalue weighted by Gasteiger charge is 2.12. The smallest absolute Gasteiger partial charge is 0.300 e. The van der Waals surface area contributed by atoms with E-state index < -0.39 is 5.91 Å². The lowest BCUT2D eigenvalue weighted by molar-refractivity contribution is -0.111. The van der Waals surface area contributed by atoms with E-state index in [0.29, 0.717) is 11.1 Å². The van der Waals surface area contributed by atoms with Gasteiger partial charge in [0.15, 0.2) is 0 Å². The van der Waals surface area contributed by atoms with E-state index in [0.717, 1.165) is 28.5 Å². The fourth-order valence-corrected chi connectivity index (χ4v) is 3.01. The molecule has 1 heterocycles. The first kappa shape index (κ1) is 16.5. The van der Waals surface area contributed by atoms with Crippen LogP contribution in [0.4, 0.5) is 5.69 Å². The number of hydrogen-bond donors (Lipinski definition) is 1. The molecule has 4 heteroatoms. The summed E-state index contributed by atoms with van der Waals surface area (Å²) in [5.74, 6) is 1.57. The average Bonchev–Trinajstić information content (AvgIpc) is 2.64. The highest BCUT2D eigenvalue weighted by atomic mass is 16.1. The summed E-state index contributed by atoms with van der Waals surface area (Å²) in [6, 6.07) is 13.3. The van der Waals surface area contributed by atoms with Gasteiger partial charge in [-0.1, -0.05) is 31.2 Å². The first-order valence-electron chi connectivity index (χ1n) is 8.04. The van der Waals surface area contributed by atoms with Crippen molar-refractivity contribution in [3.05, 3.63) is 64.6 Å². The molecule has 0 aliphatic rings. The molecule has 0 aliphatic heterocycles. The maximum absolute atomic E-state index is 12.4. The van der Waals surface area contributed by atoms with Crippen molar-refractivity contribution in [2.24, 2.45) is 7.05 Å². The maximum Gasteiger partial charge on any atom is 0.300 e. The molecule has 25 heavy (non-hydrogen) atoms. The zero-order valence-corrected chi connectivity index (χ0v) is 14.2. The molecule has 0 atom stereocenters. The van der Waals surface area contributed by atoms with E-state index in [1.165, 1.54) is 0 Å². The fourth-order valence-electron chi connectivity index (χ4n) is 3.01. The molecule has 0 spiro atoms. The third-order valence-corrected chi connectivity index (χ3v) is 4.26. The summed E-state index contributed by atoms with van der Waals surface area (Å²) >= 11 is 0. The van der Waals surface area contributed by atoms with Crippen LogP contribution in [0.15, 0.2) is 53.5 Å². The Morgan fingerprint density at radius 1 is 1.16 bits per heavy atom. The lowest BCUT2D eigenvalue weighted by Crippen LogP contribution is -2.16. The largest absolute Gasteiger partial charge is 0.317 e. The Morgan fingerprint density at radius 3 is 2.56 bits per heavy atom. The number of rotatable bonds is 3. The lowest BCUT2D eigenvalue weighted by atomic mass is 9.94. The van der Waals surface area contributed by atoms with Crippen LogP contribution in [0.3, 0.4) is 0 Å². The summed E-state index contributed by atoms with van der Waals surface area (Å²) in [4.78, 5) is 23.9. The topological polar surface area (TPSA) is 51.1 Å². The molecule has 0 bridgehead atoms. The summed E-state index contributed by atoms with van der Waals surface area (Å²) in [7, 11) is 1.74. The molecular formula is C21H18N2O2. The van der Waals surface area contributed by atoms with E-state index >= 15 is 0 Å². The van der Waals surface area contributed by atoms with Gasteiger partial charge in [-0.15, -0.1) is 6.42 Å². The van der Waals surface area contributed by atoms with Gasteiger partial charge >= 0.3 is 0 Å². The summed E-state index contributed by atoms with van der Waals surface area (Å²) in [6.45, 7) is 2.07. The molecule has 1 N–H and O–H groups in total. The highest BCUT2D eigenvalue weighted by Crippen LogP contribution is 2.32. The van der Waals surface area contributed by atoms with E-state index in [1.54, 1.807) is 11.6 Å². The molecular weight excluding hydrogens is 312 g/mol. The van der Waals surface area contributed by atoms with E-state index in [4.69, 9.17) is 6.42 Å². The molecule has 124 valence electrons. The molecule has 3 rings (SSSR count). The zero-order chi connectivity index (χ0) is 18.0. The molecule has 0 unspecified atom stereocenters. The normalized spacial score (nSPS) is 10.4. The number of aromatic nitrogens is 1. The lowest BCUT2D eigenvalue weighted by Gasteiger charge is -2.14. The highest BCUT2D eigenvalue weighted by molar-refractivity contribution is 6.04. The standard InChI is InChI=1S/C21H18N2O2/c1-4-14-10-11-15(22-20(24)5-2)12-18(14)19-13-23(3)21(25)17-9-7-6-8-16(17)19/h2,6-13H,4H2,1,3H3,(H,22,24). The molecule has 4 nitrogen and oxygen atoms in total. The van der Waals surface area contributed by atoms with Crippen molar-refractivity contribution in [1.82, 2.24) is 4.57 Å². The minimum atomic E-state index is -0.486. The Bertz CT molecular complexity index is 1070. The molecule has 2 aromatic carbocycles. The number of nitrogens with zero attached hydrogens (tertiary/aromatic N) is 1. The number of fused-ring (bicyclic) bond motifs is 1. The summed E-state index contributed by atoms with van der Waals surface area (Å²) in [6.07, 6.45) is 7.80. The molecule has 1 amide bonds. The van der Waals surface area contributed by atoms with Crippen molar-refractivity contribution >= 4 is 22.4 Å². The quantitative estimate of drug-likeness (QED) is 0.749. The van der Waals surface area contributed by atoms with Crippen molar-refractivity contribution in [3.8, 4) is 23.5 Å². The van der Waals surface area contributed by atoms with Gasteiger partial charge in [-0.25, -0.2) is 0 Å². The number of amides is 1. The van der Waals surface area contributed by atoms with Crippen LogP contribution < -0.4 is 10.9 Å². The van der Waals surface area contributed by atoms with Crippen molar-refractivity contribution < 1.29 is 4.79 Å². The van der Waals surface area contributed by atoms with Crippen molar-refractivity contribution in [3.63, 3.8) is 0 Å². The predicted octanol–water partition coefficient (Wildman–Crippen LogP) is 3.34. The number of anilines is 1. The SMILES string of the molecule is C#CC(=O)Nc1ccc(CC)c(-c2cn(C)c(=O)c3ccccc23)c1. The minimum Gasteiger partial charge on any atom is -0.317 e. The molecule has 0 saturated heterocycles. The van der Waals surface area contributed by atoms with Gasteiger partial charge in [0.2, 0.25) is 0 Å². The van der Waals surface area contributed by atoms with Crippen LogP contribution in [0.25, 0.3) is 21.9 Å². The van der Waals surface area contributed by atoms with Gasteiger partial charge in [-0.2, -0.15) is 0 Å². The Morgan fingerprint density at radius 2 is 1.88 bits per heavy atom. The molecule has 0 fully saturated rings. The second-order valence-electron chi connectivity index (χ2n) is 5.83. The minimum absolute atomic E-state index is 0.0332. The zero-order valence-electron chi connectivity index (χ0n) is 14.2. The van der Waals surface area contributed by atoms with Crippen LogP contribution in [-0.2, 0) is 18.3 Å². The van der Waals surface area contributed by atoms with Gasteiger partial charge in [0.1, 0.15) is 0 Å². The second-order valence-corrected chi connectivity index (χ2v) is 5.83. The Hall–Kier alpha value is -3.32. The number of terminal acetylenes is 1. The number of benzene rings is 2. The van der Waals surface area contributed by atoms with Crippen LogP contribution in [0.1, 0.15) is 12.5 Å². The van der Waals surface area contributed by atoms with Crippen LogP contribution in [0.5, 0.6) is 0 Å². The molecule has 1 aromatic heterocycles. The Balaban J connectivity index is 2.29. The first-order valence-corrected chi connectivity index (χ1v) is 8.04. The monoisotopic (exact) mass is 330 g/mol. The van der Waals surface area contributed by atoms with Crippen molar-refractivity contribution in [2.45, 2.75) is 13.3 Å². The van der Waals surface area contributed by atoms with Crippen LogP contribution in [0.2, 0.25) is 0 Å². The van der Waals surface area contributed by atoms with Crippen molar-refractivity contribution in [1.29, 1.82) is 0 Å². The third kappa shape index (κ3) is 3.05. The predicted molar refractivity (Wildman–Crippen MR) is 101 cm³/mol. The third-order valence-electron chi connectivity index (χ3n) is 4.26. The van der Waals surface area contributed by atoms with Gasteiger partial charge < -0.3 is 9.88 Å². The van der Waals surface area contributed by atoms with Gasteiger partial charge in [-0.3, -0.25) is 9.59 Å². The first-order chi connectivity index (χ1) is 12.0. The number of hydrogen-bond acceptors (Lipinski definition) is 2. The van der Waals surface area contributed by atoms with E-state index in [9.17, 15) is 9.59 Å². The summed E-state index contributed by atoms with van der Waals surface area (Å²) in [5, 5.41) is 4.24. The summed E-state index contributed by atoms with van der Waals surface area (Å²) in [5.41, 5.74) is 3.65. The maximum atomic E-state index is 12.4. The van der Waals surface area contributed by atoms with Gasteiger partial charge in [-0.05, 0) is 47.1 Å². The second kappa shape index (κ2) is 6.66. The Labute approximate surface area is 146 Å². The van der Waals surface area contributed by atoms with E-state index in [1.807, 2.05) is 48.7 Å². The van der Waals surface area contributed by atoms with E-state index in [2.05, 4.69) is 18.2 Å². The van der Waals surface area contributed by atoms with Crippen LogP contribution in [0, 0.1) is 12.3 Å². The number of pyridine rings is 1. The van der Waals surface area contributed by atoms with Gasteiger partial charge in [0.25, 0.3) is 11.5 Å². The summed E-state index contributed by atoms with van der Waals surface area (Å²) < 4.78 is 1.59. The fraction of sp³-hybridized carbons (Fsp3) is 0.143. The molecule has 0 aliphatic carbocycles. The molecule has 3 aromatic rings. The van der Waals surface area contributed by atoms with Crippen LogP contribution in [-0.4, -0.2) is 10.5 Å². The Kier molecular flexibility index (Phi) is 4.40. The number of aryl methyl sites for hydroxylation is 2. The van der Waals surface area contributed by atoms with Crippen molar-refractivity contribution in [2.75, 3.05) is 5.32 Å². The molecule has 0 saturated carbocycles. The average molecular weight is 330 g/mol. The number of carbonyl (C=O) groups is 1. The number of carbonyl (C=O) groups excluding carboxylic acids is 1. The van der Waals surface area contributed by atoms with Gasteiger partial charge in [0.05, 0.1) is 0 Å². The van der Waals surface area contributed by atoms with E-state index in [-0.39, 0.29) is 5.56 Å².